The van der Waals surface area contributed by atoms with Crippen molar-refractivity contribution in [2.75, 3.05) is 13.2 Å². The average Bonchev–Trinajstić information content (AvgIpc) is 2.96. The second-order valence-electron chi connectivity index (χ2n) is 9.57. The molecule has 0 aliphatic heterocycles. The van der Waals surface area contributed by atoms with Crippen molar-refractivity contribution in [1.82, 2.24) is 10.6 Å². The lowest BCUT2D eigenvalue weighted by Gasteiger charge is -2.22. The van der Waals surface area contributed by atoms with E-state index >= 15 is 0 Å². The molecule has 0 spiro atoms. The lowest BCUT2D eigenvalue weighted by Crippen LogP contribution is -2.45. The van der Waals surface area contributed by atoms with Crippen LogP contribution in [-0.4, -0.2) is 47.3 Å². The Labute approximate surface area is 230 Å². The van der Waals surface area contributed by atoms with Gasteiger partial charge in [0.15, 0.2) is 0 Å². The predicted octanol–water partition coefficient (Wildman–Crippen LogP) is 3.59. The summed E-state index contributed by atoms with van der Waals surface area (Å²) in [6, 6.07) is 26.1. The number of nitrogens with one attached hydrogen (secondary N) is 2. The summed E-state index contributed by atoms with van der Waals surface area (Å²) in [6.45, 7) is 3.74. The zero-order valence-electron chi connectivity index (χ0n) is 22.2. The molecule has 39 heavy (non-hydrogen) atoms. The van der Waals surface area contributed by atoms with Crippen LogP contribution in [0.5, 0.6) is 5.75 Å². The fourth-order valence-corrected chi connectivity index (χ4v) is 4.28. The Morgan fingerprint density at radius 2 is 1.31 bits per heavy atom. The van der Waals surface area contributed by atoms with E-state index in [2.05, 4.69) is 17.2 Å². The summed E-state index contributed by atoms with van der Waals surface area (Å²) in [7, 11) is 0. The van der Waals surface area contributed by atoms with Crippen LogP contribution < -0.4 is 15.4 Å². The number of ether oxygens (including phenoxy) is 1. The summed E-state index contributed by atoms with van der Waals surface area (Å²) in [5.74, 6) is -0.541. The zero-order valence-corrected chi connectivity index (χ0v) is 22.2. The van der Waals surface area contributed by atoms with Gasteiger partial charge in [0, 0.05) is 6.42 Å². The summed E-state index contributed by atoms with van der Waals surface area (Å²) in [6.07, 6.45) is 2.79. The molecule has 0 aliphatic rings. The first-order valence-electron chi connectivity index (χ1n) is 13.2. The summed E-state index contributed by atoms with van der Waals surface area (Å²) >= 11 is 0. The fraction of sp³-hybridized carbons (Fsp3) is 0.312. The van der Waals surface area contributed by atoms with E-state index in [1.54, 1.807) is 6.08 Å². The highest BCUT2D eigenvalue weighted by Gasteiger charge is 2.24. The van der Waals surface area contributed by atoms with E-state index < -0.39 is 18.0 Å². The summed E-state index contributed by atoms with van der Waals surface area (Å²) in [5, 5.41) is 25.4. The number of amides is 2. The second kappa shape index (κ2) is 16.1. The molecule has 0 bridgehead atoms. The quantitative estimate of drug-likeness (QED) is 0.212. The Morgan fingerprint density at radius 1 is 0.769 bits per heavy atom. The van der Waals surface area contributed by atoms with Crippen molar-refractivity contribution >= 4 is 11.8 Å². The monoisotopic (exact) mass is 530 g/mol. The Kier molecular flexibility index (Phi) is 12.2. The Bertz CT molecular complexity index is 1150. The van der Waals surface area contributed by atoms with Crippen LogP contribution in [0.1, 0.15) is 29.5 Å². The molecule has 0 heterocycles. The van der Waals surface area contributed by atoms with Gasteiger partial charge >= 0.3 is 0 Å². The van der Waals surface area contributed by atoms with Crippen molar-refractivity contribution in [2.24, 2.45) is 5.92 Å². The predicted molar refractivity (Wildman–Crippen MR) is 152 cm³/mol. The standard InChI is InChI=1S/C32H38N2O5/c1-2-9-27(32(38)34-29(22-36)18-24-10-5-3-6-11-24)20-31(37)33-28(21-35)19-25-14-16-30(17-15-25)39-23-26-12-7-4-8-13-26/h2-8,10-17,27-29,35-36H,1,9,18-23H2,(H,33,37)(H,34,38)/t27-,28+,29+/m1/s1. The molecule has 3 atom stereocenters. The van der Waals surface area contributed by atoms with Gasteiger partial charge in [0.1, 0.15) is 12.4 Å². The van der Waals surface area contributed by atoms with Crippen molar-refractivity contribution < 1.29 is 24.5 Å². The minimum Gasteiger partial charge on any atom is -0.489 e. The van der Waals surface area contributed by atoms with Gasteiger partial charge in [-0.15, -0.1) is 6.58 Å². The molecule has 0 saturated heterocycles. The molecular weight excluding hydrogens is 492 g/mol. The van der Waals surface area contributed by atoms with Crippen LogP contribution in [0.15, 0.2) is 97.6 Å². The molecule has 0 fully saturated rings. The largest absolute Gasteiger partial charge is 0.489 e. The highest BCUT2D eigenvalue weighted by Crippen LogP contribution is 2.16. The molecule has 3 aromatic rings. The lowest BCUT2D eigenvalue weighted by atomic mass is 9.98. The van der Waals surface area contributed by atoms with E-state index in [9.17, 15) is 19.8 Å². The molecule has 206 valence electrons. The molecule has 0 saturated carbocycles. The van der Waals surface area contributed by atoms with Gasteiger partial charge in [0.25, 0.3) is 0 Å². The van der Waals surface area contributed by atoms with Crippen LogP contribution in [0.4, 0.5) is 0 Å². The maximum absolute atomic E-state index is 12.9. The van der Waals surface area contributed by atoms with Gasteiger partial charge in [0.05, 0.1) is 31.2 Å². The minimum atomic E-state index is -0.632. The van der Waals surface area contributed by atoms with E-state index in [0.29, 0.717) is 25.9 Å². The smallest absolute Gasteiger partial charge is 0.224 e. The van der Waals surface area contributed by atoms with Gasteiger partial charge in [-0.25, -0.2) is 0 Å². The number of benzene rings is 3. The van der Waals surface area contributed by atoms with E-state index in [4.69, 9.17) is 4.74 Å². The van der Waals surface area contributed by atoms with Gasteiger partial charge in [-0.1, -0.05) is 78.9 Å². The normalized spacial score (nSPS) is 13.1. The average molecular weight is 531 g/mol. The highest BCUT2D eigenvalue weighted by atomic mass is 16.5. The molecule has 3 aromatic carbocycles. The molecule has 7 nitrogen and oxygen atoms in total. The number of carbonyl (C=O) groups is 2. The fourth-order valence-electron chi connectivity index (χ4n) is 4.28. The van der Waals surface area contributed by atoms with E-state index in [1.807, 2.05) is 84.9 Å². The van der Waals surface area contributed by atoms with Gasteiger partial charge in [0.2, 0.25) is 11.8 Å². The van der Waals surface area contributed by atoms with Crippen LogP contribution >= 0.6 is 0 Å². The van der Waals surface area contributed by atoms with Crippen molar-refractivity contribution in [2.45, 2.75) is 44.4 Å². The van der Waals surface area contributed by atoms with Crippen molar-refractivity contribution in [3.63, 3.8) is 0 Å². The highest BCUT2D eigenvalue weighted by molar-refractivity contribution is 5.86. The third kappa shape index (κ3) is 10.4. The summed E-state index contributed by atoms with van der Waals surface area (Å²) in [4.78, 5) is 25.7. The number of hydrogen-bond acceptors (Lipinski definition) is 5. The Morgan fingerprint density at radius 3 is 1.87 bits per heavy atom. The molecule has 7 heteroatoms. The van der Waals surface area contributed by atoms with E-state index in [0.717, 1.165) is 22.4 Å². The van der Waals surface area contributed by atoms with Gasteiger partial charge in [-0.2, -0.15) is 0 Å². The second-order valence-corrected chi connectivity index (χ2v) is 9.57. The Hall–Kier alpha value is -3.94. The molecule has 0 aromatic heterocycles. The first-order chi connectivity index (χ1) is 19.0. The number of aliphatic hydroxyl groups excluding tert-OH is 2. The molecular formula is C32H38N2O5. The van der Waals surface area contributed by atoms with Crippen LogP contribution in [-0.2, 0) is 29.0 Å². The van der Waals surface area contributed by atoms with Crippen LogP contribution in [0.2, 0.25) is 0 Å². The summed E-state index contributed by atoms with van der Waals surface area (Å²) < 4.78 is 5.82. The van der Waals surface area contributed by atoms with Crippen LogP contribution in [0.25, 0.3) is 0 Å². The molecule has 4 N–H and O–H groups in total. The van der Waals surface area contributed by atoms with Gasteiger partial charge < -0.3 is 25.6 Å². The van der Waals surface area contributed by atoms with E-state index in [-0.39, 0.29) is 31.4 Å². The van der Waals surface area contributed by atoms with Crippen molar-refractivity contribution in [3.05, 3.63) is 114 Å². The number of rotatable bonds is 16. The molecule has 0 radical (unpaired) electrons. The van der Waals surface area contributed by atoms with E-state index in [1.165, 1.54) is 0 Å². The third-order valence-corrected chi connectivity index (χ3v) is 6.38. The molecule has 0 aliphatic carbocycles. The number of aliphatic hydroxyl groups is 2. The molecule has 0 unspecified atom stereocenters. The zero-order chi connectivity index (χ0) is 27.9. The maximum Gasteiger partial charge on any atom is 0.224 e. The third-order valence-electron chi connectivity index (χ3n) is 6.38. The first-order valence-corrected chi connectivity index (χ1v) is 13.2. The SMILES string of the molecule is C=CC[C@H](CC(=O)N[C@H](CO)Cc1ccc(OCc2ccccc2)cc1)C(=O)N[C@H](CO)Cc1ccccc1. The number of allylic oxidation sites excluding steroid dienone is 1. The lowest BCUT2D eigenvalue weighted by molar-refractivity contribution is -0.131. The number of carbonyl (C=O) groups excluding carboxylic acids is 2. The van der Waals surface area contributed by atoms with Gasteiger partial charge in [-0.05, 0) is 48.1 Å². The molecule has 3 rings (SSSR count). The topological polar surface area (TPSA) is 108 Å². The minimum absolute atomic E-state index is 0.0515. The van der Waals surface area contributed by atoms with Crippen molar-refractivity contribution in [3.8, 4) is 5.75 Å². The summed E-state index contributed by atoms with van der Waals surface area (Å²) in [5.41, 5.74) is 3.01. The number of hydrogen-bond donors (Lipinski definition) is 4. The van der Waals surface area contributed by atoms with Gasteiger partial charge in [-0.3, -0.25) is 9.59 Å². The molecule has 2 amide bonds. The van der Waals surface area contributed by atoms with Crippen molar-refractivity contribution in [1.29, 1.82) is 0 Å². The maximum atomic E-state index is 12.9. The first kappa shape index (κ1) is 29.6. The Balaban J connectivity index is 1.50. The van der Waals surface area contributed by atoms with Crippen LogP contribution in [0, 0.1) is 5.92 Å². The van der Waals surface area contributed by atoms with Crippen LogP contribution in [0.3, 0.4) is 0 Å².